The molecule has 1 N–H and O–H groups in total. The van der Waals surface area contributed by atoms with Crippen molar-refractivity contribution in [3.63, 3.8) is 0 Å². The molecule has 1 fully saturated rings. The van der Waals surface area contributed by atoms with E-state index in [0.717, 1.165) is 37.6 Å². The van der Waals surface area contributed by atoms with Gasteiger partial charge in [0.2, 0.25) is 0 Å². The second kappa shape index (κ2) is 9.46. The first-order valence-corrected chi connectivity index (χ1v) is 11.2. The first-order valence-electron chi connectivity index (χ1n) is 11.2. The fourth-order valence-electron chi connectivity index (χ4n) is 4.28. The zero-order valence-corrected chi connectivity index (χ0v) is 19.1. The number of halogens is 1. The van der Waals surface area contributed by atoms with Gasteiger partial charge in [-0.2, -0.15) is 0 Å². The standard InChI is InChI=1S/C26H24FN5O3/c1-35-23-3-2-12-32-25(23)29-24(22(17-33)26(32)34)28-19-6-10-21(11-7-19)31-15-13-30(14-16-31)20-8-4-18(27)5-9-20/h2-12,17,28H,13-16H2,1H3. The van der Waals surface area contributed by atoms with Crippen LogP contribution >= 0.6 is 0 Å². The molecule has 2 aromatic heterocycles. The van der Waals surface area contributed by atoms with Gasteiger partial charge in [-0.05, 0) is 60.7 Å². The van der Waals surface area contributed by atoms with Crippen molar-refractivity contribution in [3.05, 3.63) is 88.6 Å². The molecule has 35 heavy (non-hydrogen) atoms. The molecule has 0 aliphatic carbocycles. The Kier molecular flexibility index (Phi) is 6.05. The highest BCUT2D eigenvalue weighted by molar-refractivity contribution is 5.85. The van der Waals surface area contributed by atoms with E-state index in [2.05, 4.69) is 20.1 Å². The van der Waals surface area contributed by atoms with Gasteiger partial charge in [0.1, 0.15) is 17.2 Å². The van der Waals surface area contributed by atoms with Gasteiger partial charge in [-0.3, -0.25) is 14.0 Å². The van der Waals surface area contributed by atoms with Crippen molar-refractivity contribution in [1.82, 2.24) is 9.38 Å². The molecule has 0 atom stereocenters. The third-order valence-electron chi connectivity index (χ3n) is 6.16. The van der Waals surface area contributed by atoms with Gasteiger partial charge in [0.25, 0.3) is 5.56 Å². The lowest BCUT2D eigenvalue weighted by Crippen LogP contribution is -2.46. The summed E-state index contributed by atoms with van der Waals surface area (Å²) in [5, 5.41) is 3.10. The van der Waals surface area contributed by atoms with Crippen LogP contribution in [0, 0.1) is 5.82 Å². The number of carbonyl (C=O) groups excluding carboxylic acids is 1. The lowest BCUT2D eigenvalue weighted by molar-refractivity contribution is 0.112. The quantitative estimate of drug-likeness (QED) is 0.428. The van der Waals surface area contributed by atoms with Crippen molar-refractivity contribution < 1.29 is 13.9 Å². The van der Waals surface area contributed by atoms with Gasteiger partial charge in [0, 0.05) is 49.4 Å². The SMILES string of the molecule is COc1cccn2c(=O)c(C=O)c(Nc3ccc(N4CCN(c5ccc(F)cc5)CC4)cc3)nc12. The summed E-state index contributed by atoms with van der Waals surface area (Å²) in [5.74, 6) is 0.375. The predicted molar refractivity (Wildman–Crippen MR) is 134 cm³/mol. The summed E-state index contributed by atoms with van der Waals surface area (Å²) in [6.45, 7) is 3.34. The summed E-state index contributed by atoms with van der Waals surface area (Å²) >= 11 is 0. The summed E-state index contributed by atoms with van der Waals surface area (Å²) in [5.41, 5.74) is 2.58. The summed E-state index contributed by atoms with van der Waals surface area (Å²) in [6, 6.07) is 17.7. The zero-order chi connectivity index (χ0) is 24.4. The number of aldehydes is 1. The van der Waals surface area contributed by atoms with E-state index in [1.54, 1.807) is 30.5 Å². The molecule has 0 amide bonds. The number of ether oxygens (including phenoxy) is 1. The Bertz CT molecular complexity index is 1410. The van der Waals surface area contributed by atoms with E-state index in [1.807, 2.05) is 24.3 Å². The van der Waals surface area contributed by atoms with Crippen LogP contribution in [-0.2, 0) is 0 Å². The Hall–Kier alpha value is -4.40. The molecule has 0 unspecified atom stereocenters. The van der Waals surface area contributed by atoms with Crippen LogP contribution in [0.15, 0.2) is 71.7 Å². The number of methoxy groups -OCH3 is 1. The molecule has 0 bridgehead atoms. The number of hydrogen-bond acceptors (Lipinski definition) is 7. The Morgan fingerprint density at radius 3 is 2.11 bits per heavy atom. The van der Waals surface area contributed by atoms with Crippen LogP contribution in [0.25, 0.3) is 5.65 Å². The number of rotatable bonds is 6. The minimum Gasteiger partial charge on any atom is -0.493 e. The fourth-order valence-corrected chi connectivity index (χ4v) is 4.28. The third-order valence-corrected chi connectivity index (χ3v) is 6.16. The first kappa shape index (κ1) is 22.4. The minimum atomic E-state index is -0.470. The van der Waals surface area contributed by atoms with Gasteiger partial charge < -0.3 is 19.9 Å². The van der Waals surface area contributed by atoms with E-state index in [-0.39, 0.29) is 17.2 Å². The van der Waals surface area contributed by atoms with Crippen LogP contribution < -0.4 is 25.4 Å². The topological polar surface area (TPSA) is 79.2 Å². The molecular weight excluding hydrogens is 449 g/mol. The number of fused-ring (bicyclic) bond motifs is 1. The Labute approximate surface area is 201 Å². The predicted octanol–water partition coefficient (Wildman–Crippen LogP) is 3.72. The second-order valence-corrected chi connectivity index (χ2v) is 8.19. The van der Waals surface area contributed by atoms with Crippen molar-refractivity contribution in [2.75, 3.05) is 48.4 Å². The molecule has 5 rings (SSSR count). The normalized spacial score (nSPS) is 13.7. The molecular formula is C26H24FN5O3. The summed E-state index contributed by atoms with van der Waals surface area (Å²) < 4.78 is 19.8. The molecule has 0 radical (unpaired) electrons. The number of benzene rings is 2. The number of anilines is 4. The molecule has 1 aliphatic rings. The summed E-state index contributed by atoms with van der Waals surface area (Å²) in [6.07, 6.45) is 2.06. The third kappa shape index (κ3) is 4.40. The number of carbonyl (C=O) groups is 1. The Morgan fingerprint density at radius 2 is 1.54 bits per heavy atom. The number of piperazine rings is 1. The number of hydrogen-bond donors (Lipinski definition) is 1. The van der Waals surface area contributed by atoms with E-state index in [4.69, 9.17) is 4.74 Å². The Morgan fingerprint density at radius 1 is 0.943 bits per heavy atom. The largest absolute Gasteiger partial charge is 0.493 e. The summed E-state index contributed by atoms with van der Waals surface area (Å²) in [7, 11) is 1.50. The molecule has 8 nitrogen and oxygen atoms in total. The van der Waals surface area contributed by atoms with E-state index >= 15 is 0 Å². The second-order valence-electron chi connectivity index (χ2n) is 8.19. The molecule has 4 aromatic rings. The van der Waals surface area contributed by atoms with Crippen LogP contribution in [0.5, 0.6) is 5.75 Å². The zero-order valence-electron chi connectivity index (χ0n) is 19.1. The smallest absolute Gasteiger partial charge is 0.270 e. The van der Waals surface area contributed by atoms with Gasteiger partial charge in [0.15, 0.2) is 17.7 Å². The van der Waals surface area contributed by atoms with Crippen LogP contribution in [0.2, 0.25) is 0 Å². The number of pyridine rings is 1. The van der Waals surface area contributed by atoms with Crippen molar-refractivity contribution >= 4 is 34.8 Å². The Balaban J connectivity index is 1.32. The molecule has 0 saturated carbocycles. The number of nitrogens with one attached hydrogen (secondary N) is 1. The van der Waals surface area contributed by atoms with E-state index < -0.39 is 5.56 Å². The van der Waals surface area contributed by atoms with E-state index in [9.17, 15) is 14.0 Å². The van der Waals surface area contributed by atoms with Crippen LogP contribution in [0.4, 0.5) is 27.3 Å². The van der Waals surface area contributed by atoms with E-state index in [0.29, 0.717) is 23.4 Å². The fraction of sp³-hybridized carbons (Fsp3) is 0.192. The highest BCUT2D eigenvalue weighted by Crippen LogP contribution is 2.25. The average molecular weight is 474 g/mol. The number of aromatic nitrogens is 2. The molecule has 9 heteroatoms. The molecule has 0 spiro atoms. The van der Waals surface area contributed by atoms with Crippen molar-refractivity contribution in [2.24, 2.45) is 0 Å². The van der Waals surface area contributed by atoms with Crippen molar-refractivity contribution in [3.8, 4) is 5.75 Å². The van der Waals surface area contributed by atoms with Gasteiger partial charge in [-0.25, -0.2) is 9.37 Å². The maximum absolute atomic E-state index is 13.2. The number of nitrogens with zero attached hydrogens (tertiary/aromatic N) is 4. The molecule has 2 aromatic carbocycles. The van der Waals surface area contributed by atoms with Crippen LogP contribution in [0.3, 0.4) is 0 Å². The van der Waals surface area contributed by atoms with Gasteiger partial charge in [-0.15, -0.1) is 0 Å². The monoisotopic (exact) mass is 473 g/mol. The lowest BCUT2D eigenvalue weighted by Gasteiger charge is -2.37. The van der Waals surface area contributed by atoms with Gasteiger partial charge >= 0.3 is 0 Å². The highest BCUT2D eigenvalue weighted by Gasteiger charge is 2.18. The van der Waals surface area contributed by atoms with Crippen molar-refractivity contribution in [2.45, 2.75) is 0 Å². The van der Waals surface area contributed by atoms with Crippen molar-refractivity contribution in [1.29, 1.82) is 0 Å². The maximum Gasteiger partial charge on any atom is 0.270 e. The maximum atomic E-state index is 13.2. The highest BCUT2D eigenvalue weighted by atomic mass is 19.1. The minimum absolute atomic E-state index is 0.0586. The summed E-state index contributed by atoms with van der Waals surface area (Å²) in [4.78, 5) is 33.5. The lowest BCUT2D eigenvalue weighted by atomic mass is 10.2. The van der Waals surface area contributed by atoms with Crippen LogP contribution in [-0.4, -0.2) is 49.0 Å². The molecule has 1 saturated heterocycles. The molecule has 1 aliphatic heterocycles. The average Bonchev–Trinajstić information content (AvgIpc) is 2.90. The first-order chi connectivity index (χ1) is 17.1. The van der Waals surface area contributed by atoms with Crippen LogP contribution in [0.1, 0.15) is 10.4 Å². The molecule has 3 heterocycles. The van der Waals surface area contributed by atoms with Gasteiger partial charge in [0.05, 0.1) is 7.11 Å². The molecule has 178 valence electrons. The van der Waals surface area contributed by atoms with Gasteiger partial charge in [-0.1, -0.05) is 0 Å². The van der Waals surface area contributed by atoms with E-state index in [1.165, 1.54) is 23.6 Å².